The molecule has 0 aromatic heterocycles. The van der Waals surface area contributed by atoms with Crippen LogP contribution in [0.1, 0.15) is 0 Å². The van der Waals surface area contributed by atoms with E-state index in [1.54, 1.807) is 0 Å². The van der Waals surface area contributed by atoms with Gasteiger partial charge in [-0.3, -0.25) is 0 Å². The minimum atomic E-state index is 0.307. The summed E-state index contributed by atoms with van der Waals surface area (Å²) in [6.07, 6.45) is 0. The molecule has 0 saturated carbocycles. The molecule has 2 radical (unpaired) electrons. The molecule has 9 heavy (non-hydrogen) atoms. The van der Waals surface area contributed by atoms with Crippen LogP contribution in [0, 0.1) is 0 Å². The maximum Gasteiger partial charge on any atom is 0.167 e. The number of benzene rings is 1. The second kappa shape index (κ2) is 3.20. The third-order valence-corrected chi connectivity index (χ3v) is 1.78. The molecule has 0 aliphatic heterocycles. The Bertz CT molecular complexity index is 183. The highest BCUT2D eigenvalue weighted by atomic mass is 28.2. The number of hydrogen-bond acceptors (Lipinski definition) is 1. The SMILES string of the molecule is O=C[Si]c1ccccc1. The van der Waals surface area contributed by atoms with E-state index in [0.29, 0.717) is 9.52 Å². The summed E-state index contributed by atoms with van der Waals surface area (Å²) in [7, 11) is 0.307. The van der Waals surface area contributed by atoms with Crippen LogP contribution in [-0.2, 0) is 4.79 Å². The van der Waals surface area contributed by atoms with Crippen LogP contribution in [0.25, 0.3) is 0 Å². The molecule has 0 bridgehead atoms. The zero-order chi connectivity index (χ0) is 6.53. The molecule has 0 fully saturated rings. The van der Waals surface area contributed by atoms with Crippen molar-refractivity contribution >= 4 is 20.6 Å². The summed E-state index contributed by atoms with van der Waals surface area (Å²) in [4.78, 5) is 9.99. The summed E-state index contributed by atoms with van der Waals surface area (Å²) in [6.45, 7) is 0. The van der Waals surface area contributed by atoms with Crippen molar-refractivity contribution in [1.82, 2.24) is 0 Å². The van der Waals surface area contributed by atoms with Gasteiger partial charge in [-0.15, -0.1) is 0 Å². The highest BCUT2D eigenvalue weighted by Gasteiger charge is 1.87. The Morgan fingerprint density at radius 1 is 1.22 bits per heavy atom. The lowest BCUT2D eigenvalue weighted by molar-refractivity contribution is 0.568. The van der Waals surface area contributed by atoms with E-state index in [9.17, 15) is 4.79 Å². The fraction of sp³-hybridized carbons (Fsp3) is 0. The first kappa shape index (κ1) is 6.23. The summed E-state index contributed by atoms with van der Waals surface area (Å²) in [6, 6.07) is 9.72. The molecular weight excluding hydrogens is 128 g/mol. The van der Waals surface area contributed by atoms with Crippen LogP contribution in [0.5, 0.6) is 0 Å². The van der Waals surface area contributed by atoms with Crippen molar-refractivity contribution in [3.63, 3.8) is 0 Å². The largest absolute Gasteiger partial charge is 0.309 e. The molecule has 0 heterocycles. The number of rotatable bonds is 2. The standard InChI is InChI=1S/C7H6OSi/c8-6-9-7-4-2-1-3-5-7/h1-6H. The molecule has 1 nitrogen and oxygen atoms in total. The van der Waals surface area contributed by atoms with E-state index >= 15 is 0 Å². The Labute approximate surface area is 56.5 Å². The van der Waals surface area contributed by atoms with Crippen molar-refractivity contribution in [1.29, 1.82) is 0 Å². The molecule has 0 spiro atoms. The van der Waals surface area contributed by atoms with Crippen LogP contribution < -0.4 is 5.19 Å². The van der Waals surface area contributed by atoms with Crippen molar-refractivity contribution in [2.75, 3.05) is 0 Å². The van der Waals surface area contributed by atoms with Gasteiger partial charge in [0.05, 0.1) is 0 Å². The van der Waals surface area contributed by atoms with Crippen LogP contribution in [0.3, 0.4) is 0 Å². The summed E-state index contributed by atoms with van der Waals surface area (Å²) in [5, 5.41) is 1.10. The van der Waals surface area contributed by atoms with Gasteiger partial charge in [0.25, 0.3) is 0 Å². The highest BCUT2D eigenvalue weighted by molar-refractivity contribution is 6.78. The number of hydrogen-bond donors (Lipinski definition) is 0. The normalized spacial score (nSPS) is 8.89. The Morgan fingerprint density at radius 2 is 1.89 bits per heavy atom. The summed E-state index contributed by atoms with van der Waals surface area (Å²) in [5.74, 6) is 0.940. The van der Waals surface area contributed by atoms with Crippen LogP contribution in [0.15, 0.2) is 30.3 Å². The average Bonchev–Trinajstić information content (AvgIpc) is 1.91. The molecule has 44 valence electrons. The lowest BCUT2D eigenvalue weighted by Gasteiger charge is -1.87. The predicted octanol–water partition coefficient (Wildman–Crippen LogP) is 0.206. The van der Waals surface area contributed by atoms with Gasteiger partial charge in [0, 0.05) is 0 Å². The first-order valence-corrected chi connectivity index (χ1v) is 3.76. The lowest BCUT2D eigenvalue weighted by Crippen LogP contribution is -2.13. The molecule has 1 rings (SSSR count). The molecule has 1 aromatic carbocycles. The molecule has 0 saturated heterocycles. The molecule has 2 heteroatoms. The van der Waals surface area contributed by atoms with Crippen molar-refractivity contribution in [2.45, 2.75) is 0 Å². The monoisotopic (exact) mass is 134 g/mol. The number of carbonyl (C=O) groups excluding carboxylic acids is 1. The van der Waals surface area contributed by atoms with E-state index in [-0.39, 0.29) is 0 Å². The zero-order valence-electron chi connectivity index (χ0n) is 4.87. The van der Waals surface area contributed by atoms with E-state index in [4.69, 9.17) is 0 Å². The molecule has 0 N–H and O–H groups in total. The van der Waals surface area contributed by atoms with Gasteiger partial charge in [-0.05, 0) is 0 Å². The van der Waals surface area contributed by atoms with Gasteiger partial charge in [0.2, 0.25) is 0 Å². The smallest absolute Gasteiger partial charge is 0.167 e. The van der Waals surface area contributed by atoms with Gasteiger partial charge < -0.3 is 4.79 Å². The Hall–Kier alpha value is -0.893. The molecular formula is C7H6OSi. The maximum absolute atomic E-state index is 9.99. The van der Waals surface area contributed by atoms with Crippen molar-refractivity contribution in [2.24, 2.45) is 0 Å². The second-order valence-electron chi connectivity index (χ2n) is 1.63. The second-order valence-corrected chi connectivity index (χ2v) is 2.73. The zero-order valence-corrected chi connectivity index (χ0v) is 5.87. The molecule has 0 unspecified atom stereocenters. The molecule has 0 aliphatic carbocycles. The summed E-state index contributed by atoms with van der Waals surface area (Å²) in [5.41, 5.74) is 0. The van der Waals surface area contributed by atoms with E-state index in [1.165, 1.54) is 0 Å². The van der Waals surface area contributed by atoms with E-state index in [0.717, 1.165) is 11.1 Å². The van der Waals surface area contributed by atoms with Crippen LogP contribution >= 0.6 is 0 Å². The van der Waals surface area contributed by atoms with Crippen LogP contribution in [-0.4, -0.2) is 15.4 Å². The van der Waals surface area contributed by atoms with E-state index in [2.05, 4.69) is 0 Å². The average molecular weight is 134 g/mol. The van der Waals surface area contributed by atoms with Gasteiger partial charge in [-0.25, -0.2) is 0 Å². The van der Waals surface area contributed by atoms with Gasteiger partial charge in [-0.1, -0.05) is 35.5 Å². The minimum absolute atomic E-state index is 0.307. The fourth-order valence-electron chi connectivity index (χ4n) is 0.602. The molecule has 0 aliphatic rings. The van der Waals surface area contributed by atoms with Gasteiger partial charge in [0.1, 0.15) is 5.91 Å². The van der Waals surface area contributed by atoms with E-state index < -0.39 is 0 Å². The Balaban J connectivity index is 2.72. The Morgan fingerprint density at radius 3 is 2.44 bits per heavy atom. The summed E-state index contributed by atoms with van der Waals surface area (Å²) >= 11 is 0. The topological polar surface area (TPSA) is 17.1 Å². The Kier molecular flexibility index (Phi) is 2.21. The maximum atomic E-state index is 9.99. The first-order chi connectivity index (χ1) is 4.43. The third kappa shape index (κ3) is 1.81. The lowest BCUT2D eigenvalue weighted by atomic mass is 10.4. The fourth-order valence-corrected chi connectivity index (χ4v) is 1.12. The summed E-state index contributed by atoms with van der Waals surface area (Å²) < 4.78 is 0. The van der Waals surface area contributed by atoms with Crippen molar-refractivity contribution in [3.8, 4) is 0 Å². The molecule has 1 aromatic rings. The first-order valence-electron chi connectivity index (χ1n) is 2.69. The van der Waals surface area contributed by atoms with Crippen LogP contribution in [0.4, 0.5) is 0 Å². The van der Waals surface area contributed by atoms with Crippen LogP contribution in [0.2, 0.25) is 0 Å². The minimum Gasteiger partial charge on any atom is -0.309 e. The van der Waals surface area contributed by atoms with Gasteiger partial charge >= 0.3 is 0 Å². The third-order valence-electron chi connectivity index (χ3n) is 0.999. The van der Waals surface area contributed by atoms with Crippen molar-refractivity contribution < 1.29 is 4.79 Å². The van der Waals surface area contributed by atoms with Gasteiger partial charge in [0.15, 0.2) is 9.52 Å². The molecule has 0 atom stereocenters. The predicted molar refractivity (Wildman–Crippen MR) is 38.6 cm³/mol. The highest BCUT2D eigenvalue weighted by Crippen LogP contribution is 1.78. The van der Waals surface area contributed by atoms with Gasteiger partial charge in [-0.2, -0.15) is 0 Å². The van der Waals surface area contributed by atoms with E-state index in [1.807, 2.05) is 30.3 Å². The molecule has 0 amide bonds. The quantitative estimate of drug-likeness (QED) is 0.417. The number of carbonyl (C=O) groups is 1. The van der Waals surface area contributed by atoms with Crippen molar-refractivity contribution in [3.05, 3.63) is 30.3 Å².